The van der Waals surface area contributed by atoms with Gasteiger partial charge < -0.3 is 14.8 Å². The van der Waals surface area contributed by atoms with Crippen molar-refractivity contribution in [2.24, 2.45) is 0 Å². The van der Waals surface area contributed by atoms with E-state index in [1.165, 1.54) is 0 Å². The third-order valence-corrected chi connectivity index (χ3v) is 4.22. The molecular formula is C24H25NO3. The predicted octanol–water partition coefficient (Wildman–Crippen LogP) is 4.98. The minimum absolute atomic E-state index is 0.139. The lowest BCUT2D eigenvalue weighted by Crippen LogP contribution is -2.24. The van der Waals surface area contributed by atoms with Crippen molar-refractivity contribution in [2.45, 2.75) is 26.6 Å². The van der Waals surface area contributed by atoms with Crippen molar-refractivity contribution in [1.82, 2.24) is 5.32 Å². The predicted molar refractivity (Wildman–Crippen MR) is 111 cm³/mol. The van der Waals surface area contributed by atoms with E-state index in [4.69, 9.17) is 9.47 Å². The molecule has 0 atom stereocenters. The lowest BCUT2D eigenvalue weighted by atomic mass is 10.1. The first-order valence-corrected chi connectivity index (χ1v) is 9.52. The minimum Gasteiger partial charge on any atom is -0.489 e. The Morgan fingerprint density at radius 1 is 0.821 bits per heavy atom. The zero-order valence-electron chi connectivity index (χ0n) is 16.1. The maximum absolute atomic E-state index is 12.5. The first-order chi connectivity index (χ1) is 13.8. The summed E-state index contributed by atoms with van der Waals surface area (Å²) in [7, 11) is 0. The fraction of sp³-hybridized carbons (Fsp3) is 0.208. The second kappa shape index (κ2) is 10.2. The molecule has 3 aromatic carbocycles. The molecule has 3 rings (SSSR count). The summed E-state index contributed by atoms with van der Waals surface area (Å²) in [5.74, 6) is 1.04. The number of hydrogen-bond acceptors (Lipinski definition) is 3. The third-order valence-electron chi connectivity index (χ3n) is 4.22. The van der Waals surface area contributed by atoms with Gasteiger partial charge in [0.2, 0.25) is 0 Å². The highest BCUT2D eigenvalue weighted by atomic mass is 16.5. The number of nitrogens with one attached hydrogen (secondary N) is 1. The molecule has 4 heteroatoms. The van der Waals surface area contributed by atoms with Gasteiger partial charge in [0.25, 0.3) is 5.91 Å². The van der Waals surface area contributed by atoms with Crippen molar-refractivity contribution in [3.05, 3.63) is 95.6 Å². The largest absolute Gasteiger partial charge is 0.489 e. The van der Waals surface area contributed by atoms with Gasteiger partial charge in [0, 0.05) is 12.6 Å². The van der Waals surface area contributed by atoms with Crippen molar-refractivity contribution < 1.29 is 14.3 Å². The summed E-state index contributed by atoms with van der Waals surface area (Å²) in [5, 5.41) is 2.90. The van der Waals surface area contributed by atoms with Gasteiger partial charge in [-0.25, -0.2) is 0 Å². The van der Waals surface area contributed by atoms with Crippen LogP contribution in [0.2, 0.25) is 0 Å². The van der Waals surface area contributed by atoms with Crippen LogP contribution in [0.5, 0.6) is 11.5 Å². The molecule has 0 fully saturated rings. The van der Waals surface area contributed by atoms with Gasteiger partial charge in [-0.3, -0.25) is 4.79 Å². The van der Waals surface area contributed by atoms with Gasteiger partial charge in [-0.2, -0.15) is 0 Å². The second-order valence-corrected chi connectivity index (χ2v) is 6.46. The van der Waals surface area contributed by atoms with Crippen molar-refractivity contribution in [1.29, 1.82) is 0 Å². The van der Waals surface area contributed by atoms with Crippen molar-refractivity contribution in [3.63, 3.8) is 0 Å². The first-order valence-electron chi connectivity index (χ1n) is 9.52. The van der Waals surface area contributed by atoms with E-state index in [1.807, 2.05) is 67.6 Å². The Labute approximate surface area is 166 Å². The van der Waals surface area contributed by atoms with Crippen LogP contribution in [0.25, 0.3) is 0 Å². The Morgan fingerprint density at radius 2 is 1.43 bits per heavy atom. The molecule has 0 bridgehead atoms. The molecule has 0 spiro atoms. The Hall–Kier alpha value is -3.27. The van der Waals surface area contributed by atoms with Gasteiger partial charge >= 0.3 is 0 Å². The van der Waals surface area contributed by atoms with E-state index in [1.54, 1.807) is 18.2 Å². The van der Waals surface area contributed by atoms with Crippen LogP contribution in [0.15, 0.2) is 78.9 Å². The molecule has 28 heavy (non-hydrogen) atoms. The molecule has 0 aliphatic rings. The fourth-order valence-electron chi connectivity index (χ4n) is 2.71. The van der Waals surface area contributed by atoms with Gasteiger partial charge in [-0.05, 0) is 29.7 Å². The molecule has 0 aliphatic heterocycles. The first kappa shape index (κ1) is 19.5. The molecule has 0 heterocycles. The standard InChI is InChI=1S/C24H25NO3/c1-2-15-25-24(26)22-14-13-21(27-17-19-9-5-3-6-10-19)16-23(22)28-18-20-11-7-4-8-12-20/h3-14,16H,2,15,17-18H2,1H3,(H,25,26). The molecular weight excluding hydrogens is 350 g/mol. The number of amides is 1. The van der Waals surface area contributed by atoms with E-state index in [-0.39, 0.29) is 5.91 Å². The van der Waals surface area contributed by atoms with Crippen LogP contribution in [0.1, 0.15) is 34.8 Å². The highest BCUT2D eigenvalue weighted by Crippen LogP contribution is 2.26. The van der Waals surface area contributed by atoms with Gasteiger partial charge in [0.1, 0.15) is 24.7 Å². The van der Waals surface area contributed by atoms with E-state index in [0.717, 1.165) is 17.5 Å². The van der Waals surface area contributed by atoms with Crippen LogP contribution in [-0.4, -0.2) is 12.5 Å². The SMILES string of the molecule is CCCNC(=O)c1ccc(OCc2ccccc2)cc1OCc1ccccc1. The van der Waals surface area contributed by atoms with Crippen LogP contribution < -0.4 is 14.8 Å². The third kappa shape index (κ3) is 5.61. The molecule has 0 unspecified atom stereocenters. The van der Waals surface area contributed by atoms with E-state index >= 15 is 0 Å². The van der Waals surface area contributed by atoms with Crippen LogP contribution in [0, 0.1) is 0 Å². The molecule has 0 saturated heterocycles. The Bertz CT molecular complexity index is 879. The summed E-state index contributed by atoms with van der Waals surface area (Å²) in [6.45, 7) is 3.49. The average Bonchev–Trinajstić information content (AvgIpc) is 2.76. The van der Waals surface area contributed by atoms with E-state index < -0.39 is 0 Å². The Balaban J connectivity index is 1.75. The number of carbonyl (C=O) groups is 1. The molecule has 0 aromatic heterocycles. The fourth-order valence-corrected chi connectivity index (χ4v) is 2.71. The molecule has 1 N–H and O–H groups in total. The Morgan fingerprint density at radius 3 is 2.04 bits per heavy atom. The van der Waals surface area contributed by atoms with Crippen LogP contribution >= 0.6 is 0 Å². The number of rotatable bonds is 9. The zero-order chi connectivity index (χ0) is 19.6. The lowest BCUT2D eigenvalue weighted by Gasteiger charge is -2.14. The van der Waals surface area contributed by atoms with Crippen LogP contribution in [-0.2, 0) is 13.2 Å². The highest BCUT2D eigenvalue weighted by molar-refractivity contribution is 5.97. The molecule has 0 saturated carbocycles. The number of benzene rings is 3. The molecule has 0 radical (unpaired) electrons. The quantitative estimate of drug-likeness (QED) is 0.573. The molecule has 4 nitrogen and oxygen atoms in total. The summed E-state index contributed by atoms with van der Waals surface area (Å²) in [5.41, 5.74) is 2.63. The van der Waals surface area contributed by atoms with Gasteiger partial charge in [-0.15, -0.1) is 0 Å². The summed E-state index contributed by atoms with van der Waals surface area (Å²) in [4.78, 5) is 12.5. The monoisotopic (exact) mass is 375 g/mol. The van der Waals surface area contributed by atoms with E-state index in [9.17, 15) is 4.79 Å². The van der Waals surface area contributed by atoms with Gasteiger partial charge in [-0.1, -0.05) is 67.6 Å². The maximum Gasteiger partial charge on any atom is 0.255 e. The molecule has 1 amide bonds. The summed E-state index contributed by atoms with van der Waals surface area (Å²) in [6, 6.07) is 25.2. The smallest absolute Gasteiger partial charge is 0.255 e. The van der Waals surface area contributed by atoms with Crippen molar-refractivity contribution >= 4 is 5.91 Å². The van der Waals surface area contributed by atoms with E-state index in [0.29, 0.717) is 36.8 Å². The van der Waals surface area contributed by atoms with E-state index in [2.05, 4.69) is 5.32 Å². The van der Waals surface area contributed by atoms with Crippen molar-refractivity contribution in [3.8, 4) is 11.5 Å². The summed E-state index contributed by atoms with van der Waals surface area (Å²) < 4.78 is 11.9. The number of ether oxygens (including phenoxy) is 2. The molecule has 144 valence electrons. The van der Waals surface area contributed by atoms with Crippen LogP contribution in [0.4, 0.5) is 0 Å². The average molecular weight is 375 g/mol. The van der Waals surface area contributed by atoms with Gasteiger partial charge in [0.15, 0.2) is 0 Å². The topological polar surface area (TPSA) is 47.6 Å². The summed E-state index contributed by atoms with van der Waals surface area (Å²) >= 11 is 0. The maximum atomic E-state index is 12.5. The number of hydrogen-bond donors (Lipinski definition) is 1. The summed E-state index contributed by atoms with van der Waals surface area (Å²) in [6.07, 6.45) is 0.879. The second-order valence-electron chi connectivity index (χ2n) is 6.46. The van der Waals surface area contributed by atoms with Gasteiger partial charge in [0.05, 0.1) is 5.56 Å². The normalized spacial score (nSPS) is 10.3. The zero-order valence-corrected chi connectivity index (χ0v) is 16.1. The number of carbonyl (C=O) groups excluding carboxylic acids is 1. The van der Waals surface area contributed by atoms with Crippen molar-refractivity contribution in [2.75, 3.05) is 6.54 Å². The molecule has 0 aliphatic carbocycles. The Kier molecular flexibility index (Phi) is 7.08. The van der Waals surface area contributed by atoms with Crippen LogP contribution in [0.3, 0.4) is 0 Å². The lowest BCUT2D eigenvalue weighted by molar-refractivity contribution is 0.0949. The minimum atomic E-state index is -0.139. The highest BCUT2D eigenvalue weighted by Gasteiger charge is 2.14. The molecule has 3 aromatic rings.